The number of aromatic amines is 1. The lowest BCUT2D eigenvalue weighted by Gasteiger charge is -2.38. The third-order valence-electron chi connectivity index (χ3n) is 6.58. The summed E-state index contributed by atoms with van der Waals surface area (Å²) < 4.78 is 43.9. The minimum absolute atomic E-state index is 0.0470. The van der Waals surface area contributed by atoms with E-state index in [0.29, 0.717) is 35.8 Å². The minimum atomic E-state index is -4.36. The van der Waals surface area contributed by atoms with Gasteiger partial charge in [0.1, 0.15) is 10.9 Å². The largest absolute Gasteiger partial charge is 0.410 e. The number of benzene rings is 1. The Morgan fingerprint density at radius 1 is 1.23 bits per heavy atom. The van der Waals surface area contributed by atoms with Gasteiger partial charge in [0, 0.05) is 18.4 Å². The maximum atomic E-state index is 14.0. The number of nitrogens with one attached hydrogen (secondary N) is 2. The van der Waals surface area contributed by atoms with Crippen LogP contribution in [0.15, 0.2) is 41.3 Å². The van der Waals surface area contributed by atoms with Crippen molar-refractivity contribution >= 4 is 22.4 Å². The predicted molar refractivity (Wildman–Crippen MR) is 112 cm³/mol. The molecule has 1 aliphatic carbocycles. The standard InChI is InChI=1S/C22H24F3N5O/c1-29-12-2-10-21(29,22(23,24)25)15-5-7-16(8-6-15)27-19-18-17(9-11-26-20(18)31)30(28-19)13-14-3-4-14/h5-9,11,14H,2-4,10,12-13H2,1H3,(H,26,31)(H,27,28). The number of pyridine rings is 1. The van der Waals surface area contributed by atoms with Crippen LogP contribution in [0.5, 0.6) is 0 Å². The first kappa shape index (κ1) is 20.1. The Kier molecular flexibility index (Phi) is 4.62. The molecule has 164 valence electrons. The van der Waals surface area contributed by atoms with Crippen molar-refractivity contribution < 1.29 is 13.2 Å². The molecule has 0 radical (unpaired) electrons. The molecule has 2 aliphatic rings. The van der Waals surface area contributed by atoms with Gasteiger partial charge in [-0.05, 0) is 69.0 Å². The van der Waals surface area contributed by atoms with Crippen molar-refractivity contribution in [1.82, 2.24) is 19.7 Å². The first-order valence-electron chi connectivity index (χ1n) is 10.5. The van der Waals surface area contributed by atoms with Crippen LogP contribution >= 0.6 is 0 Å². The van der Waals surface area contributed by atoms with E-state index in [1.165, 1.54) is 24.1 Å². The molecule has 1 atom stereocenters. The molecule has 5 rings (SSSR count). The molecule has 0 spiro atoms. The Labute approximate surface area is 177 Å². The monoisotopic (exact) mass is 431 g/mol. The van der Waals surface area contributed by atoms with Gasteiger partial charge in [-0.15, -0.1) is 0 Å². The lowest BCUT2D eigenvalue weighted by molar-refractivity contribution is -0.225. The molecule has 1 aromatic carbocycles. The van der Waals surface area contributed by atoms with Crippen LogP contribution in [-0.4, -0.2) is 39.4 Å². The average molecular weight is 431 g/mol. The van der Waals surface area contributed by atoms with Crippen molar-refractivity contribution in [3.63, 3.8) is 0 Å². The number of rotatable bonds is 5. The van der Waals surface area contributed by atoms with E-state index in [1.807, 2.05) is 10.7 Å². The summed E-state index contributed by atoms with van der Waals surface area (Å²) in [4.78, 5) is 16.5. The summed E-state index contributed by atoms with van der Waals surface area (Å²) in [5.74, 6) is 0.991. The third-order valence-corrected chi connectivity index (χ3v) is 6.58. The van der Waals surface area contributed by atoms with Gasteiger partial charge in [-0.1, -0.05) is 12.1 Å². The molecule has 31 heavy (non-hydrogen) atoms. The number of likely N-dealkylation sites (tertiary alicyclic amines) is 1. The zero-order valence-electron chi connectivity index (χ0n) is 17.2. The highest BCUT2D eigenvalue weighted by Gasteiger charge is 2.60. The van der Waals surface area contributed by atoms with Crippen LogP contribution in [0.2, 0.25) is 0 Å². The summed E-state index contributed by atoms with van der Waals surface area (Å²) in [5, 5.41) is 8.18. The number of nitrogens with zero attached hydrogens (tertiary/aromatic N) is 3. The number of anilines is 2. The predicted octanol–water partition coefficient (Wildman–Crippen LogP) is 4.36. The van der Waals surface area contributed by atoms with E-state index in [9.17, 15) is 18.0 Å². The molecule has 2 N–H and O–H groups in total. The van der Waals surface area contributed by atoms with Gasteiger partial charge < -0.3 is 10.3 Å². The van der Waals surface area contributed by atoms with Gasteiger partial charge in [-0.25, -0.2) is 0 Å². The number of aromatic nitrogens is 3. The third kappa shape index (κ3) is 3.31. The van der Waals surface area contributed by atoms with Gasteiger partial charge >= 0.3 is 6.18 Å². The second kappa shape index (κ2) is 7.12. The van der Waals surface area contributed by atoms with E-state index in [-0.39, 0.29) is 17.5 Å². The zero-order chi connectivity index (χ0) is 21.8. The SMILES string of the molecule is CN1CCCC1(c1ccc(Nc2nn(CC3CC3)c3cc[nH]c(=O)c23)cc1)C(F)(F)F. The Morgan fingerprint density at radius 2 is 1.97 bits per heavy atom. The van der Waals surface area contributed by atoms with E-state index in [0.717, 1.165) is 24.9 Å². The van der Waals surface area contributed by atoms with Crippen molar-refractivity contribution in [3.05, 3.63) is 52.4 Å². The fourth-order valence-corrected chi connectivity index (χ4v) is 4.71. The molecule has 1 saturated carbocycles. The van der Waals surface area contributed by atoms with Crippen LogP contribution in [0.1, 0.15) is 31.2 Å². The molecule has 1 saturated heterocycles. The average Bonchev–Trinajstić information content (AvgIpc) is 3.34. The van der Waals surface area contributed by atoms with Gasteiger partial charge in [0.25, 0.3) is 5.56 Å². The summed E-state index contributed by atoms with van der Waals surface area (Å²) in [6, 6.07) is 8.11. The molecule has 3 heterocycles. The summed E-state index contributed by atoms with van der Waals surface area (Å²) in [6.45, 7) is 1.16. The Bertz CT molecular complexity index is 1160. The molecular formula is C22H24F3N5O. The fourth-order valence-electron chi connectivity index (χ4n) is 4.71. The van der Waals surface area contributed by atoms with E-state index in [2.05, 4.69) is 15.4 Å². The number of hydrogen-bond acceptors (Lipinski definition) is 4. The molecule has 2 aromatic heterocycles. The second-order valence-electron chi connectivity index (χ2n) is 8.63. The maximum absolute atomic E-state index is 14.0. The van der Waals surface area contributed by atoms with E-state index in [1.54, 1.807) is 18.3 Å². The van der Waals surface area contributed by atoms with Crippen molar-refractivity contribution in [2.24, 2.45) is 5.92 Å². The fraction of sp³-hybridized carbons (Fsp3) is 0.455. The van der Waals surface area contributed by atoms with E-state index in [4.69, 9.17) is 0 Å². The Hall–Kier alpha value is -2.81. The highest BCUT2D eigenvalue weighted by molar-refractivity contribution is 5.91. The van der Waals surface area contributed by atoms with Gasteiger partial charge in [-0.2, -0.15) is 18.3 Å². The lowest BCUT2D eigenvalue weighted by atomic mass is 9.86. The summed E-state index contributed by atoms with van der Waals surface area (Å²) in [5.41, 5.74) is -0.641. The van der Waals surface area contributed by atoms with Gasteiger partial charge in [-0.3, -0.25) is 14.4 Å². The van der Waals surface area contributed by atoms with Crippen LogP contribution in [0.4, 0.5) is 24.7 Å². The van der Waals surface area contributed by atoms with E-state index >= 15 is 0 Å². The maximum Gasteiger partial charge on any atom is 0.410 e. The molecule has 9 heteroatoms. The number of fused-ring (bicyclic) bond motifs is 1. The molecule has 6 nitrogen and oxygen atoms in total. The number of alkyl halides is 3. The normalized spacial score (nSPS) is 22.3. The van der Waals surface area contributed by atoms with Crippen molar-refractivity contribution in [2.45, 2.75) is 43.9 Å². The molecule has 3 aromatic rings. The highest BCUT2D eigenvalue weighted by atomic mass is 19.4. The van der Waals surface area contributed by atoms with Crippen molar-refractivity contribution in [3.8, 4) is 0 Å². The minimum Gasteiger partial charge on any atom is -0.338 e. The van der Waals surface area contributed by atoms with Gasteiger partial charge in [0.2, 0.25) is 0 Å². The lowest BCUT2D eigenvalue weighted by Crippen LogP contribution is -2.50. The molecule has 0 bridgehead atoms. The Morgan fingerprint density at radius 3 is 2.58 bits per heavy atom. The smallest absolute Gasteiger partial charge is 0.338 e. The molecular weight excluding hydrogens is 407 g/mol. The van der Waals surface area contributed by atoms with Crippen molar-refractivity contribution in [1.29, 1.82) is 0 Å². The molecule has 1 unspecified atom stereocenters. The summed E-state index contributed by atoms with van der Waals surface area (Å²) >= 11 is 0. The zero-order valence-corrected chi connectivity index (χ0v) is 17.2. The number of hydrogen-bond donors (Lipinski definition) is 2. The van der Waals surface area contributed by atoms with Crippen LogP contribution in [0.25, 0.3) is 10.9 Å². The van der Waals surface area contributed by atoms with Crippen LogP contribution in [0, 0.1) is 5.92 Å². The molecule has 2 fully saturated rings. The molecule has 1 aliphatic heterocycles. The first-order valence-corrected chi connectivity index (χ1v) is 10.5. The van der Waals surface area contributed by atoms with E-state index < -0.39 is 11.7 Å². The summed E-state index contributed by atoms with van der Waals surface area (Å²) in [6.07, 6.45) is 0.101. The van der Waals surface area contributed by atoms with Crippen LogP contribution in [0.3, 0.4) is 0 Å². The highest BCUT2D eigenvalue weighted by Crippen LogP contribution is 2.50. The first-order chi connectivity index (χ1) is 14.8. The van der Waals surface area contributed by atoms with Crippen molar-refractivity contribution in [2.75, 3.05) is 18.9 Å². The Balaban J connectivity index is 1.48. The van der Waals surface area contributed by atoms with Crippen LogP contribution in [-0.2, 0) is 12.1 Å². The van der Waals surface area contributed by atoms with Gasteiger partial charge in [0.15, 0.2) is 5.82 Å². The molecule has 0 amide bonds. The van der Waals surface area contributed by atoms with Gasteiger partial charge in [0.05, 0.1) is 5.52 Å². The second-order valence-corrected chi connectivity index (χ2v) is 8.63. The quantitative estimate of drug-likeness (QED) is 0.630. The summed E-state index contributed by atoms with van der Waals surface area (Å²) in [7, 11) is 1.53. The topological polar surface area (TPSA) is 66.0 Å². The number of halogens is 3. The number of H-pyrrole nitrogens is 1. The van der Waals surface area contributed by atoms with Crippen LogP contribution < -0.4 is 10.9 Å².